The van der Waals surface area contributed by atoms with Crippen molar-refractivity contribution < 1.29 is 0 Å². The first-order valence-corrected chi connectivity index (χ1v) is 11.0. The van der Waals surface area contributed by atoms with E-state index in [4.69, 9.17) is 0 Å². The highest BCUT2D eigenvalue weighted by atomic mass is 32.1. The number of imidazole rings is 1. The van der Waals surface area contributed by atoms with E-state index in [9.17, 15) is 0 Å². The summed E-state index contributed by atoms with van der Waals surface area (Å²) in [6.45, 7) is 3.03. The Labute approximate surface area is 160 Å². The summed E-state index contributed by atoms with van der Waals surface area (Å²) >= 11 is 3.81. The van der Waals surface area contributed by atoms with Crippen LogP contribution in [0, 0.1) is 0 Å². The number of aromatic amines is 1. The van der Waals surface area contributed by atoms with Gasteiger partial charge in [0.1, 0.15) is 0 Å². The smallest absolute Gasteiger partial charge is 0.0925 e. The molecule has 0 fully saturated rings. The molecule has 3 aliphatic rings. The zero-order valence-corrected chi connectivity index (χ0v) is 16.0. The SMILES string of the molecule is c1nc2c([nH]1)CCNC2C1NCc2c(C3NCCc4ccsc43)csc21. The summed E-state index contributed by atoms with van der Waals surface area (Å²) in [5.74, 6) is 0. The minimum Gasteiger partial charge on any atom is -0.348 e. The predicted molar refractivity (Wildman–Crippen MR) is 105 cm³/mol. The fourth-order valence-electron chi connectivity index (χ4n) is 4.71. The molecule has 0 aliphatic carbocycles. The van der Waals surface area contributed by atoms with Crippen molar-refractivity contribution >= 4 is 22.7 Å². The van der Waals surface area contributed by atoms with E-state index in [1.54, 1.807) is 0 Å². The van der Waals surface area contributed by atoms with Gasteiger partial charge in [0.2, 0.25) is 0 Å². The molecule has 3 atom stereocenters. The van der Waals surface area contributed by atoms with Gasteiger partial charge in [0, 0.05) is 41.5 Å². The van der Waals surface area contributed by atoms with Crippen molar-refractivity contribution in [2.75, 3.05) is 13.1 Å². The number of fused-ring (bicyclic) bond motifs is 3. The van der Waals surface area contributed by atoms with Gasteiger partial charge in [-0.25, -0.2) is 4.98 Å². The van der Waals surface area contributed by atoms with E-state index in [0.717, 1.165) is 32.5 Å². The molecule has 4 N–H and O–H groups in total. The van der Waals surface area contributed by atoms with Gasteiger partial charge >= 0.3 is 0 Å². The first kappa shape index (κ1) is 15.5. The Bertz CT molecular complexity index is 955. The van der Waals surface area contributed by atoms with Crippen LogP contribution in [0.5, 0.6) is 0 Å². The second-order valence-corrected chi connectivity index (χ2v) is 9.15. The second kappa shape index (κ2) is 6.00. The maximum atomic E-state index is 4.61. The van der Waals surface area contributed by atoms with Gasteiger partial charge in [-0.05, 0) is 39.9 Å². The zero-order valence-electron chi connectivity index (χ0n) is 14.3. The van der Waals surface area contributed by atoms with Crippen molar-refractivity contribution in [2.24, 2.45) is 0 Å². The second-order valence-electron chi connectivity index (χ2n) is 7.29. The monoisotopic (exact) mass is 383 g/mol. The molecule has 5 nitrogen and oxygen atoms in total. The predicted octanol–water partition coefficient (Wildman–Crippen LogP) is 2.80. The van der Waals surface area contributed by atoms with Crippen LogP contribution in [0.4, 0.5) is 0 Å². The van der Waals surface area contributed by atoms with Crippen molar-refractivity contribution in [3.05, 3.63) is 61.0 Å². The third kappa shape index (κ3) is 2.21. The van der Waals surface area contributed by atoms with Gasteiger partial charge in [0.25, 0.3) is 0 Å². The average Bonchev–Trinajstić information content (AvgIpc) is 3.43. The lowest BCUT2D eigenvalue weighted by molar-refractivity contribution is 0.385. The van der Waals surface area contributed by atoms with Crippen molar-refractivity contribution in [3.8, 4) is 0 Å². The molecule has 3 aromatic heterocycles. The Kier molecular flexibility index (Phi) is 3.59. The molecule has 6 heterocycles. The van der Waals surface area contributed by atoms with Gasteiger partial charge in [-0.2, -0.15) is 0 Å². The molecular formula is C19H21N5S2. The molecule has 134 valence electrons. The third-order valence-corrected chi connectivity index (χ3v) is 8.11. The van der Waals surface area contributed by atoms with Gasteiger partial charge in [-0.1, -0.05) is 0 Å². The standard InChI is InChI=1S/C19H21N5S2/c1-4-20-14(18-10(1)3-6-25-18)12-8-26-19-11(12)7-22-17(19)16-15-13(2-5-21-16)23-9-24-15/h3,6,8-9,14,16-17,20-22H,1-2,4-5,7H2,(H,23,24). The molecule has 3 aliphatic heterocycles. The molecule has 0 saturated heterocycles. The van der Waals surface area contributed by atoms with Crippen LogP contribution in [-0.4, -0.2) is 23.1 Å². The van der Waals surface area contributed by atoms with Crippen LogP contribution in [-0.2, 0) is 19.4 Å². The topological polar surface area (TPSA) is 64.8 Å². The van der Waals surface area contributed by atoms with Gasteiger partial charge in [-0.15, -0.1) is 22.7 Å². The third-order valence-electron chi connectivity index (χ3n) is 5.96. The van der Waals surface area contributed by atoms with Crippen molar-refractivity contribution in [3.63, 3.8) is 0 Å². The molecular weight excluding hydrogens is 362 g/mol. The number of nitrogens with one attached hydrogen (secondary N) is 4. The minimum absolute atomic E-state index is 0.259. The Balaban J connectivity index is 1.37. The number of rotatable bonds is 2. The Morgan fingerprint density at radius 2 is 1.96 bits per heavy atom. The van der Waals surface area contributed by atoms with E-state index in [-0.39, 0.29) is 6.04 Å². The molecule has 0 spiro atoms. The summed E-state index contributed by atoms with van der Waals surface area (Å²) in [5, 5.41) is 15.8. The Hall–Kier alpha value is -1.51. The fraction of sp³-hybridized carbons (Fsp3) is 0.421. The van der Waals surface area contributed by atoms with E-state index >= 15 is 0 Å². The summed E-state index contributed by atoms with van der Waals surface area (Å²) in [6, 6.07) is 3.23. The maximum absolute atomic E-state index is 4.61. The number of hydrogen-bond donors (Lipinski definition) is 4. The molecule has 0 amide bonds. The molecule has 0 saturated carbocycles. The Morgan fingerprint density at radius 3 is 2.96 bits per heavy atom. The first-order valence-electron chi connectivity index (χ1n) is 9.29. The molecule has 3 aromatic rings. The van der Waals surface area contributed by atoms with Crippen molar-refractivity contribution in [1.82, 2.24) is 25.9 Å². The number of aromatic nitrogens is 2. The molecule has 6 rings (SSSR count). The average molecular weight is 384 g/mol. The van der Waals surface area contributed by atoms with E-state index in [2.05, 4.69) is 42.7 Å². The lowest BCUT2D eigenvalue weighted by atomic mass is 9.94. The van der Waals surface area contributed by atoms with E-state index < -0.39 is 0 Å². The lowest BCUT2D eigenvalue weighted by Gasteiger charge is -2.28. The highest BCUT2D eigenvalue weighted by Crippen LogP contribution is 2.45. The van der Waals surface area contributed by atoms with Gasteiger partial charge < -0.3 is 20.9 Å². The van der Waals surface area contributed by atoms with Crippen molar-refractivity contribution in [1.29, 1.82) is 0 Å². The van der Waals surface area contributed by atoms with Crippen LogP contribution in [0.2, 0.25) is 0 Å². The van der Waals surface area contributed by atoms with Crippen LogP contribution in [0.25, 0.3) is 0 Å². The highest BCUT2D eigenvalue weighted by Gasteiger charge is 2.38. The summed E-state index contributed by atoms with van der Waals surface area (Å²) in [6.07, 6.45) is 4.02. The Morgan fingerprint density at radius 1 is 1.00 bits per heavy atom. The van der Waals surface area contributed by atoms with Gasteiger partial charge in [-0.3, -0.25) is 0 Å². The van der Waals surface area contributed by atoms with E-state index in [0.29, 0.717) is 12.1 Å². The van der Waals surface area contributed by atoms with Crippen LogP contribution < -0.4 is 16.0 Å². The van der Waals surface area contributed by atoms with Crippen LogP contribution in [0.3, 0.4) is 0 Å². The number of nitrogens with zero attached hydrogens (tertiary/aromatic N) is 1. The number of thiophene rings is 2. The summed E-state index contributed by atoms with van der Waals surface area (Å²) in [7, 11) is 0. The van der Waals surface area contributed by atoms with Gasteiger partial charge in [0.05, 0.1) is 30.1 Å². The molecule has 26 heavy (non-hydrogen) atoms. The number of H-pyrrole nitrogens is 1. The molecule has 0 bridgehead atoms. The first-order chi connectivity index (χ1) is 12.9. The van der Waals surface area contributed by atoms with Gasteiger partial charge in [0.15, 0.2) is 0 Å². The summed E-state index contributed by atoms with van der Waals surface area (Å²) in [5.41, 5.74) is 6.98. The minimum atomic E-state index is 0.259. The normalized spacial score (nSPS) is 27.2. The molecule has 3 unspecified atom stereocenters. The number of hydrogen-bond acceptors (Lipinski definition) is 6. The lowest BCUT2D eigenvalue weighted by Crippen LogP contribution is -2.37. The van der Waals surface area contributed by atoms with Crippen LogP contribution >= 0.6 is 22.7 Å². The van der Waals surface area contributed by atoms with Crippen LogP contribution in [0.15, 0.2) is 23.2 Å². The largest absolute Gasteiger partial charge is 0.348 e. The summed E-state index contributed by atoms with van der Waals surface area (Å²) in [4.78, 5) is 10.9. The fourth-order valence-corrected chi connectivity index (χ4v) is 6.98. The maximum Gasteiger partial charge on any atom is 0.0925 e. The quantitative estimate of drug-likeness (QED) is 0.550. The van der Waals surface area contributed by atoms with E-state index in [1.165, 1.54) is 37.8 Å². The zero-order chi connectivity index (χ0) is 17.1. The van der Waals surface area contributed by atoms with Crippen LogP contribution in [0.1, 0.15) is 56.0 Å². The summed E-state index contributed by atoms with van der Waals surface area (Å²) < 4.78 is 0. The molecule has 7 heteroatoms. The van der Waals surface area contributed by atoms with Crippen molar-refractivity contribution in [2.45, 2.75) is 37.5 Å². The van der Waals surface area contributed by atoms with E-state index in [1.807, 2.05) is 29.0 Å². The molecule has 0 radical (unpaired) electrons. The molecule has 0 aromatic carbocycles. The highest BCUT2D eigenvalue weighted by molar-refractivity contribution is 7.11.